The lowest BCUT2D eigenvalue weighted by molar-refractivity contribution is -0.131. The van der Waals surface area contributed by atoms with Gasteiger partial charge in [0.15, 0.2) is 0 Å². The highest BCUT2D eigenvalue weighted by atomic mass is 31.2. The van der Waals surface area contributed by atoms with Gasteiger partial charge in [-0.1, -0.05) is 66.7 Å². The van der Waals surface area contributed by atoms with Crippen LogP contribution in [0.25, 0.3) is 11.1 Å². The molecule has 1 saturated heterocycles. The average molecular weight is 548 g/mol. The van der Waals surface area contributed by atoms with E-state index in [4.69, 9.17) is 0 Å². The van der Waals surface area contributed by atoms with Crippen LogP contribution in [0.3, 0.4) is 0 Å². The van der Waals surface area contributed by atoms with E-state index in [-0.39, 0.29) is 28.1 Å². The van der Waals surface area contributed by atoms with Crippen molar-refractivity contribution >= 4 is 24.5 Å². The van der Waals surface area contributed by atoms with Crippen LogP contribution in [-0.4, -0.2) is 25.9 Å². The Bertz CT molecular complexity index is 1560. The molecule has 0 saturated carbocycles. The minimum atomic E-state index is -4.61. The molecule has 0 bridgehead atoms. The Hall–Kier alpha value is -3.81. The maximum absolute atomic E-state index is 14.0. The third kappa shape index (κ3) is 5.37. The number of halogens is 1. The van der Waals surface area contributed by atoms with Gasteiger partial charge in [0.05, 0.1) is 23.4 Å². The number of rotatable bonds is 8. The maximum Gasteiger partial charge on any atom is 0.356 e. The van der Waals surface area contributed by atoms with Crippen molar-refractivity contribution in [1.29, 1.82) is 0 Å². The second-order valence-electron chi connectivity index (χ2n) is 9.58. The lowest BCUT2D eigenvalue weighted by atomic mass is 9.78. The summed E-state index contributed by atoms with van der Waals surface area (Å²) < 4.78 is 26.1. The molecule has 0 radical (unpaired) electrons. The molecule has 1 fully saturated rings. The second-order valence-corrected chi connectivity index (χ2v) is 11.2. The van der Waals surface area contributed by atoms with Gasteiger partial charge in [-0.25, -0.2) is 4.39 Å². The average Bonchev–Trinajstić information content (AvgIpc) is 2.91. The molecule has 39 heavy (non-hydrogen) atoms. The number of phenolic OH excluding ortho intramolecular Hbond substituents is 1. The van der Waals surface area contributed by atoms with E-state index in [9.17, 15) is 33.7 Å². The van der Waals surface area contributed by atoms with Gasteiger partial charge in [0.1, 0.15) is 11.6 Å². The van der Waals surface area contributed by atoms with Gasteiger partial charge in [0, 0.05) is 16.8 Å². The fraction of sp³-hybridized carbons (Fsp3) is 0.167. The molecule has 1 amide bonds. The first-order valence-corrected chi connectivity index (χ1v) is 14.1. The van der Waals surface area contributed by atoms with Crippen LogP contribution in [0.4, 0.5) is 10.1 Å². The third-order valence-corrected chi connectivity index (χ3v) is 8.12. The Morgan fingerprint density at radius 1 is 0.872 bits per heavy atom. The Kier molecular flexibility index (Phi) is 7.38. The van der Waals surface area contributed by atoms with Crippen molar-refractivity contribution in [3.8, 4) is 16.9 Å². The van der Waals surface area contributed by atoms with Crippen LogP contribution in [-0.2, 0) is 9.36 Å². The Morgan fingerprint density at radius 2 is 1.59 bits per heavy atom. The molecule has 9 heteroatoms. The van der Waals surface area contributed by atoms with Gasteiger partial charge in [-0.05, 0) is 54.3 Å². The summed E-state index contributed by atoms with van der Waals surface area (Å²) in [7, 11) is -4.61. The van der Waals surface area contributed by atoms with Crippen molar-refractivity contribution in [3.63, 3.8) is 0 Å². The first-order chi connectivity index (χ1) is 18.6. The van der Waals surface area contributed by atoms with Crippen molar-refractivity contribution in [2.24, 2.45) is 5.92 Å². The Labute approximate surface area is 225 Å². The number of aliphatic hydroxyl groups excluding tert-OH is 1. The molecule has 0 aliphatic carbocycles. The van der Waals surface area contributed by atoms with E-state index in [1.165, 1.54) is 47.4 Å². The third-order valence-electron chi connectivity index (χ3n) is 7.11. The Balaban J connectivity index is 1.48. The highest BCUT2D eigenvalue weighted by Gasteiger charge is 2.48. The summed E-state index contributed by atoms with van der Waals surface area (Å²) in [6, 6.07) is 25.0. The SMILES string of the molecule is O=C1C(CCC(O)c2ccccc2)C(c2ccc(-c3ccccc3P(=O)(O)O)c(O)c2)N1c1cccc(F)c1. The number of carbonyl (C=O) groups excluding carboxylic acids is 1. The first-order valence-electron chi connectivity index (χ1n) is 12.4. The summed E-state index contributed by atoms with van der Waals surface area (Å²) in [5.41, 5.74) is 2.13. The van der Waals surface area contributed by atoms with Crippen molar-refractivity contribution in [2.75, 3.05) is 4.90 Å². The van der Waals surface area contributed by atoms with Crippen molar-refractivity contribution in [3.05, 3.63) is 114 Å². The molecule has 3 atom stereocenters. The molecule has 0 spiro atoms. The fourth-order valence-corrected chi connectivity index (χ4v) is 6.01. The number of aliphatic hydroxyl groups is 1. The number of anilines is 1. The summed E-state index contributed by atoms with van der Waals surface area (Å²) in [5.74, 6) is -1.45. The maximum atomic E-state index is 14.0. The van der Waals surface area contributed by atoms with Gasteiger partial charge >= 0.3 is 7.60 Å². The van der Waals surface area contributed by atoms with Crippen LogP contribution in [0.2, 0.25) is 0 Å². The van der Waals surface area contributed by atoms with Gasteiger partial charge in [-0.3, -0.25) is 9.36 Å². The van der Waals surface area contributed by atoms with Gasteiger partial charge in [-0.15, -0.1) is 0 Å². The quantitative estimate of drug-likeness (QED) is 0.178. The topological polar surface area (TPSA) is 118 Å². The number of carbonyl (C=O) groups is 1. The molecule has 5 rings (SSSR count). The standard InChI is InChI=1S/C30H27FNO6P/c31-21-9-6-10-22(18-21)32-29(25(30(32)35)15-16-26(33)19-7-2-1-3-8-19)20-13-14-23(27(34)17-20)24-11-4-5-12-28(24)39(36,37)38/h1-14,17-18,25-26,29,33-34H,15-16H2,(H2,36,37,38). The molecule has 1 aliphatic heterocycles. The number of hydrogen-bond donors (Lipinski definition) is 4. The smallest absolute Gasteiger partial charge is 0.356 e. The molecule has 3 unspecified atom stereocenters. The molecule has 4 N–H and O–H groups in total. The number of β-lactam (4-membered cyclic amide) rings is 1. The van der Waals surface area contributed by atoms with Gasteiger partial charge in [0.2, 0.25) is 5.91 Å². The van der Waals surface area contributed by atoms with Crippen molar-refractivity contribution in [2.45, 2.75) is 25.0 Å². The van der Waals surface area contributed by atoms with Crippen LogP contribution >= 0.6 is 7.60 Å². The highest BCUT2D eigenvalue weighted by molar-refractivity contribution is 7.60. The molecule has 4 aromatic rings. The largest absolute Gasteiger partial charge is 0.507 e. The summed E-state index contributed by atoms with van der Waals surface area (Å²) in [6.45, 7) is 0. The number of aromatic hydroxyl groups is 1. The van der Waals surface area contributed by atoms with Crippen LogP contribution in [0, 0.1) is 11.7 Å². The van der Waals surface area contributed by atoms with E-state index >= 15 is 0 Å². The Morgan fingerprint density at radius 3 is 2.28 bits per heavy atom. The van der Waals surface area contributed by atoms with E-state index in [0.29, 0.717) is 24.1 Å². The van der Waals surface area contributed by atoms with E-state index in [1.807, 2.05) is 30.3 Å². The minimum absolute atomic E-state index is 0.198. The lowest BCUT2D eigenvalue weighted by Crippen LogP contribution is -2.55. The van der Waals surface area contributed by atoms with Gasteiger partial charge in [0.25, 0.3) is 0 Å². The highest BCUT2D eigenvalue weighted by Crippen LogP contribution is 2.48. The lowest BCUT2D eigenvalue weighted by Gasteiger charge is -2.48. The number of phenols is 1. The summed E-state index contributed by atoms with van der Waals surface area (Å²) in [4.78, 5) is 34.3. The van der Waals surface area contributed by atoms with Crippen molar-refractivity contribution < 1.29 is 33.7 Å². The van der Waals surface area contributed by atoms with E-state index in [1.54, 1.807) is 24.3 Å². The molecule has 4 aromatic carbocycles. The minimum Gasteiger partial charge on any atom is -0.507 e. The molecule has 0 aromatic heterocycles. The summed E-state index contributed by atoms with van der Waals surface area (Å²) >= 11 is 0. The summed E-state index contributed by atoms with van der Waals surface area (Å²) in [6.07, 6.45) is -0.0782. The predicted molar refractivity (Wildman–Crippen MR) is 146 cm³/mol. The zero-order chi connectivity index (χ0) is 27.7. The number of hydrogen-bond acceptors (Lipinski definition) is 4. The fourth-order valence-electron chi connectivity index (χ4n) is 5.22. The molecular weight excluding hydrogens is 520 g/mol. The normalized spacial score (nSPS) is 18.1. The number of benzene rings is 4. The van der Waals surface area contributed by atoms with Crippen molar-refractivity contribution in [1.82, 2.24) is 0 Å². The first kappa shape index (κ1) is 26.8. The molecule has 1 aliphatic rings. The summed E-state index contributed by atoms with van der Waals surface area (Å²) in [5, 5.41) is 21.4. The number of amides is 1. The second kappa shape index (κ2) is 10.8. The van der Waals surface area contributed by atoms with E-state index < -0.39 is 31.5 Å². The van der Waals surface area contributed by atoms with Gasteiger partial charge < -0.3 is 24.9 Å². The monoisotopic (exact) mass is 547 g/mol. The molecular formula is C30H27FNO6P. The number of nitrogens with zero attached hydrogens (tertiary/aromatic N) is 1. The predicted octanol–water partition coefficient (Wildman–Crippen LogP) is 5.22. The van der Waals surface area contributed by atoms with Crippen LogP contribution in [0.5, 0.6) is 5.75 Å². The van der Waals surface area contributed by atoms with Crippen LogP contribution < -0.4 is 10.2 Å². The van der Waals surface area contributed by atoms with E-state index in [0.717, 1.165) is 5.56 Å². The van der Waals surface area contributed by atoms with Crippen LogP contribution in [0.15, 0.2) is 97.1 Å². The van der Waals surface area contributed by atoms with Crippen LogP contribution in [0.1, 0.15) is 36.1 Å². The zero-order valence-corrected chi connectivity index (χ0v) is 21.7. The van der Waals surface area contributed by atoms with Gasteiger partial charge in [-0.2, -0.15) is 0 Å². The zero-order valence-electron chi connectivity index (χ0n) is 20.8. The molecule has 1 heterocycles. The molecule has 200 valence electrons. The molecule has 7 nitrogen and oxygen atoms in total. The van der Waals surface area contributed by atoms with E-state index in [2.05, 4.69) is 0 Å².